The number of ether oxygens (including phenoxy) is 1. The van der Waals surface area contributed by atoms with Gasteiger partial charge in [0.2, 0.25) is 3.12 Å². The fourth-order valence-electron chi connectivity index (χ4n) is 2.32. The van der Waals surface area contributed by atoms with Crippen LogP contribution in [0.25, 0.3) is 0 Å². The Balaban J connectivity index is 2.24. The zero-order valence-electron chi connectivity index (χ0n) is 11.8. The molecule has 1 aromatic heterocycles. The van der Waals surface area contributed by atoms with Crippen molar-refractivity contribution < 1.29 is 19.2 Å². The number of nitrogens with one attached hydrogen (secondary N) is 1. The van der Waals surface area contributed by atoms with E-state index in [-0.39, 0.29) is 24.5 Å². The van der Waals surface area contributed by atoms with Crippen LogP contribution in [-0.2, 0) is 14.6 Å². The van der Waals surface area contributed by atoms with Gasteiger partial charge < -0.3 is 14.9 Å². The first kappa shape index (κ1) is 19.4. The van der Waals surface area contributed by atoms with Gasteiger partial charge in [-0.15, -0.1) is 0 Å². The van der Waals surface area contributed by atoms with Crippen molar-refractivity contribution in [3.05, 3.63) is 27.5 Å². The van der Waals surface area contributed by atoms with Crippen LogP contribution >= 0.6 is 45.6 Å². The van der Waals surface area contributed by atoms with E-state index in [2.05, 4.69) is 4.98 Å². The molecule has 1 unspecified atom stereocenters. The molecule has 3 N–H and O–H groups in total. The topological polar surface area (TPSA) is 99.6 Å². The van der Waals surface area contributed by atoms with Crippen LogP contribution in [0, 0.1) is 6.92 Å². The van der Waals surface area contributed by atoms with Crippen LogP contribution in [0.5, 0.6) is 5.88 Å². The molecule has 0 radical (unpaired) electrons. The number of aromatic hydroxyl groups is 1. The third kappa shape index (κ3) is 4.78. The molecule has 130 valence electrons. The van der Waals surface area contributed by atoms with E-state index in [1.807, 2.05) is 0 Å². The third-order valence-corrected chi connectivity index (χ3v) is 8.24. The van der Waals surface area contributed by atoms with Crippen LogP contribution in [0.3, 0.4) is 0 Å². The third-order valence-electron chi connectivity index (χ3n) is 3.39. The van der Waals surface area contributed by atoms with Crippen molar-refractivity contribution in [2.45, 2.75) is 33.9 Å². The normalized spacial score (nSPS) is 26.4. The van der Waals surface area contributed by atoms with E-state index in [9.17, 15) is 19.2 Å². The molecular formula is C12H14Cl3NO5S2. The predicted molar refractivity (Wildman–Crippen MR) is 92.6 cm³/mol. The van der Waals surface area contributed by atoms with Crippen molar-refractivity contribution in [1.82, 2.24) is 4.98 Å². The molecule has 23 heavy (non-hydrogen) atoms. The zero-order valence-corrected chi connectivity index (χ0v) is 15.7. The molecule has 4 atom stereocenters. The van der Waals surface area contributed by atoms with Crippen molar-refractivity contribution in [1.29, 1.82) is 0 Å². The Bertz CT molecular complexity index is 663. The number of halogens is 3. The highest BCUT2D eigenvalue weighted by Crippen LogP contribution is 2.45. The summed E-state index contributed by atoms with van der Waals surface area (Å²) in [6.07, 6.45) is -1.19. The molecule has 11 heteroatoms. The van der Waals surface area contributed by atoms with E-state index in [4.69, 9.17) is 39.5 Å². The number of H-pyrrole nitrogens is 1. The molecule has 0 spiro atoms. The number of alkyl halides is 3. The van der Waals surface area contributed by atoms with Gasteiger partial charge in [-0.25, -0.2) is 4.21 Å². The average molecular weight is 423 g/mol. The SMILES string of the molecule is Cc1cc([C@H]2C[C@@H](S(=O)SC(Cl)(Cl)Cl)[C@@H](CO)O2)c(=O)[nH]c1O. The lowest BCUT2D eigenvalue weighted by Gasteiger charge is -2.17. The molecule has 0 aromatic carbocycles. The second-order valence-corrected chi connectivity index (χ2v) is 11.3. The van der Waals surface area contributed by atoms with Crippen LogP contribution in [0.2, 0.25) is 0 Å². The number of aliphatic hydroxyl groups is 1. The van der Waals surface area contributed by atoms with Crippen LogP contribution in [0.4, 0.5) is 0 Å². The first-order valence-corrected chi connectivity index (χ1v) is 10.2. The van der Waals surface area contributed by atoms with Gasteiger partial charge in [0.05, 0.1) is 33.9 Å². The number of hydrogen-bond donors (Lipinski definition) is 3. The summed E-state index contributed by atoms with van der Waals surface area (Å²) in [7, 11) is -1.000. The van der Waals surface area contributed by atoms with Crippen molar-refractivity contribution in [2.24, 2.45) is 0 Å². The molecule has 0 bridgehead atoms. The molecular weight excluding hydrogens is 409 g/mol. The molecule has 6 nitrogen and oxygen atoms in total. The van der Waals surface area contributed by atoms with Crippen molar-refractivity contribution >= 4 is 55.4 Å². The molecule has 1 fully saturated rings. The van der Waals surface area contributed by atoms with Crippen LogP contribution in [-0.4, -0.2) is 40.5 Å². The van der Waals surface area contributed by atoms with Gasteiger partial charge in [0, 0.05) is 11.1 Å². The molecule has 0 aliphatic carbocycles. The first-order chi connectivity index (χ1) is 10.6. The standard InChI is InChI=1S/C12H14Cl3NO5S2/c1-5-2-6(11(19)16-10(5)18)7-3-9(8(4-17)21-7)23(20)22-12(13,14)15/h2,7-9,17H,3-4H2,1H3,(H2,16,18,19)/t7-,8-,9-,23?/m1/s1. The maximum atomic E-state index is 12.3. The van der Waals surface area contributed by atoms with Crippen molar-refractivity contribution in [3.8, 4) is 5.88 Å². The molecule has 1 aromatic rings. The van der Waals surface area contributed by atoms with E-state index in [0.717, 1.165) is 0 Å². The Morgan fingerprint density at radius 1 is 1.52 bits per heavy atom. The summed E-state index contributed by atoms with van der Waals surface area (Å²) in [5.74, 6) is -0.220. The van der Waals surface area contributed by atoms with Gasteiger partial charge in [0.25, 0.3) is 5.56 Å². The Morgan fingerprint density at radius 2 is 2.17 bits per heavy atom. The van der Waals surface area contributed by atoms with Gasteiger partial charge in [-0.1, -0.05) is 34.8 Å². The zero-order chi connectivity index (χ0) is 17.4. The summed E-state index contributed by atoms with van der Waals surface area (Å²) < 4.78 is 16.2. The Labute approximate surface area is 153 Å². The van der Waals surface area contributed by atoms with Crippen molar-refractivity contribution in [2.75, 3.05) is 6.61 Å². The fourth-order valence-corrected chi connectivity index (χ4v) is 6.57. The lowest BCUT2D eigenvalue weighted by atomic mass is 10.1. The van der Waals surface area contributed by atoms with E-state index >= 15 is 0 Å². The summed E-state index contributed by atoms with van der Waals surface area (Å²) in [5, 5.41) is 18.3. The largest absolute Gasteiger partial charge is 0.494 e. The smallest absolute Gasteiger partial charge is 0.256 e. The number of aromatic amines is 1. The fraction of sp³-hybridized carbons (Fsp3) is 0.583. The minimum Gasteiger partial charge on any atom is -0.494 e. The molecule has 1 aliphatic rings. The molecule has 2 rings (SSSR count). The summed E-state index contributed by atoms with van der Waals surface area (Å²) in [6, 6.07) is 1.50. The van der Waals surface area contributed by atoms with Gasteiger partial charge >= 0.3 is 0 Å². The number of aliphatic hydroxyl groups excluding tert-OH is 1. The molecule has 1 saturated heterocycles. The van der Waals surface area contributed by atoms with E-state index in [0.29, 0.717) is 16.4 Å². The number of pyridine rings is 1. The van der Waals surface area contributed by atoms with Gasteiger partial charge in [-0.05, 0) is 30.2 Å². The number of rotatable bonds is 4. The van der Waals surface area contributed by atoms with Gasteiger partial charge in [0.1, 0.15) is 0 Å². The van der Waals surface area contributed by atoms with E-state index in [1.165, 1.54) is 6.07 Å². The highest BCUT2D eigenvalue weighted by atomic mass is 35.6. The van der Waals surface area contributed by atoms with Crippen molar-refractivity contribution in [3.63, 3.8) is 0 Å². The van der Waals surface area contributed by atoms with E-state index < -0.39 is 36.0 Å². The number of aryl methyl sites for hydroxylation is 1. The lowest BCUT2D eigenvalue weighted by molar-refractivity contribution is 0.0115. The maximum Gasteiger partial charge on any atom is 0.256 e. The Kier molecular flexibility index (Phi) is 6.32. The number of hydrogen-bond acceptors (Lipinski definition) is 6. The molecule has 0 saturated carbocycles. The summed E-state index contributed by atoms with van der Waals surface area (Å²) in [6.45, 7) is 1.25. The Hall–Kier alpha value is 0.0400. The Morgan fingerprint density at radius 3 is 2.74 bits per heavy atom. The monoisotopic (exact) mass is 421 g/mol. The number of aromatic nitrogens is 1. The average Bonchev–Trinajstić information content (AvgIpc) is 2.85. The second kappa shape index (κ2) is 7.51. The molecule has 0 amide bonds. The minimum atomic E-state index is -1.75. The minimum absolute atomic E-state index is 0.220. The maximum absolute atomic E-state index is 12.3. The summed E-state index contributed by atoms with van der Waals surface area (Å²) >= 11 is 16.9. The molecule has 2 heterocycles. The molecule has 1 aliphatic heterocycles. The van der Waals surface area contributed by atoms with Crippen LogP contribution < -0.4 is 5.56 Å². The van der Waals surface area contributed by atoms with Gasteiger partial charge in [0.15, 0.2) is 5.88 Å². The first-order valence-electron chi connectivity index (χ1n) is 6.48. The van der Waals surface area contributed by atoms with Gasteiger partial charge in [-0.3, -0.25) is 9.78 Å². The van der Waals surface area contributed by atoms with E-state index in [1.54, 1.807) is 6.92 Å². The van der Waals surface area contributed by atoms with Crippen LogP contribution in [0.1, 0.15) is 23.7 Å². The van der Waals surface area contributed by atoms with Crippen LogP contribution in [0.15, 0.2) is 10.9 Å². The summed E-state index contributed by atoms with van der Waals surface area (Å²) in [5.41, 5.74) is 0.261. The summed E-state index contributed by atoms with van der Waals surface area (Å²) in [4.78, 5) is 14.3. The highest BCUT2D eigenvalue weighted by molar-refractivity contribution is 8.71. The van der Waals surface area contributed by atoms with Gasteiger partial charge in [-0.2, -0.15) is 0 Å². The lowest BCUT2D eigenvalue weighted by Crippen LogP contribution is -2.28. The highest BCUT2D eigenvalue weighted by Gasteiger charge is 2.42. The second-order valence-electron chi connectivity index (χ2n) is 4.99. The predicted octanol–water partition coefficient (Wildman–Crippen LogP) is 2.30. The quantitative estimate of drug-likeness (QED) is 0.508.